The monoisotopic (exact) mass is 642 g/mol. The number of rotatable bonds is 5. The molecule has 228 valence electrons. The number of nitrogens with one attached hydrogen (secondary N) is 1. The summed E-state index contributed by atoms with van der Waals surface area (Å²) in [5.74, 6) is -0.168. The van der Waals surface area contributed by atoms with Crippen molar-refractivity contribution >= 4 is 68.3 Å². The van der Waals surface area contributed by atoms with Crippen LogP contribution in [-0.4, -0.2) is 36.9 Å². The minimum absolute atomic E-state index is 0.104. The highest BCUT2D eigenvalue weighted by Gasteiger charge is 2.07. The average molecular weight is 644 g/mol. The largest absolute Gasteiger partial charge is 0.478 e. The first-order valence-corrected chi connectivity index (χ1v) is 14.1. The van der Waals surface area contributed by atoms with Crippen molar-refractivity contribution in [3.05, 3.63) is 130 Å². The van der Waals surface area contributed by atoms with Gasteiger partial charge in [-0.3, -0.25) is 14.8 Å². The summed E-state index contributed by atoms with van der Waals surface area (Å²) in [4.78, 5) is 37.8. The van der Waals surface area contributed by atoms with E-state index >= 15 is 0 Å². The summed E-state index contributed by atoms with van der Waals surface area (Å²) in [5.41, 5.74) is 19.7. The van der Waals surface area contributed by atoms with Crippen molar-refractivity contribution in [1.29, 1.82) is 0 Å². The van der Waals surface area contributed by atoms with Gasteiger partial charge in [-0.05, 0) is 58.3 Å². The number of hydrogen-bond donors (Lipinski definition) is 5. The second kappa shape index (κ2) is 15.4. The number of nitrogen functional groups attached to an aromatic ring is 2. The van der Waals surface area contributed by atoms with Gasteiger partial charge in [0, 0.05) is 61.0 Å². The van der Waals surface area contributed by atoms with E-state index in [0.29, 0.717) is 40.3 Å². The normalized spacial score (nSPS) is 10.3. The number of hydrogen-bond acceptors (Lipinski definition) is 9. The molecule has 0 aliphatic heterocycles. The third-order valence-corrected chi connectivity index (χ3v) is 6.74. The van der Waals surface area contributed by atoms with E-state index in [1.807, 2.05) is 48.5 Å². The molecule has 1 amide bonds. The van der Waals surface area contributed by atoms with Gasteiger partial charge in [0.2, 0.25) is 0 Å². The van der Waals surface area contributed by atoms with Gasteiger partial charge in [-0.2, -0.15) is 0 Å². The van der Waals surface area contributed by atoms with Crippen LogP contribution in [0.1, 0.15) is 31.8 Å². The molecule has 0 spiro atoms. The Balaban J connectivity index is 0.000000170. The SMILES string of the molecule is NCc1ccc2c(N)nccc2c1.Nc1nccc2cc(CNC(=O)c3cncc(Cl)c3)ccc12.O=C(O)c1cncc(Cl)c1. The number of benzene rings is 2. The van der Waals surface area contributed by atoms with Crippen LogP contribution >= 0.6 is 23.2 Å². The summed E-state index contributed by atoms with van der Waals surface area (Å²) in [5, 5.41) is 16.0. The topological polar surface area (TPSA) is 196 Å². The Morgan fingerprint density at radius 2 is 1.22 bits per heavy atom. The van der Waals surface area contributed by atoms with Gasteiger partial charge in [0.1, 0.15) is 11.6 Å². The molecular weight excluding hydrogens is 615 g/mol. The van der Waals surface area contributed by atoms with E-state index in [9.17, 15) is 9.59 Å². The average Bonchev–Trinajstić information content (AvgIpc) is 3.04. The molecule has 6 rings (SSSR count). The fraction of sp³-hybridized carbons (Fsp3) is 0.0625. The predicted octanol–water partition coefficient (Wildman–Crippen LogP) is 5.50. The van der Waals surface area contributed by atoms with Crippen LogP contribution in [0.25, 0.3) is 21.5 Å². The van der Waals surface area contributed by atoms with E-state index in [1.54, 1.807) is 18.5 Å². The van der Waals surface area contributed by atoms with Crippen LogP contribution in [0.5, 0.6) is 0 Å². The highest BCUT2D eigenvalue weighted by Crippen LogP contribution is 2.21. The van der Waals surface area contributed by atoms with Crippen LogP contribution in [0.15, 0.2) is 97.8 Å². The summed E-state index contributed by atoms with van der Waals surface area (Å²) in [6.45, 7) is 0.960. The number of aromatic carboxylic acids is 1. The zero-order valence-corrected chi connectivity index (χ0v) is 25.2. The van der Waals surface area contributed by atoms with E-state index in [2.05, 4.69) is 25.3 Å². The number of nitrogens with zero attached hydrogens (tertiary/aromatic N) is 4. The number of halogens is 2. The summed E-state index contributed by atoms with van der Waals surface area (Å²) < 4.78 is 0. The van der Waals surface area contributed by atoms with E-state index in [0.717, 1.165) is 32.7 Å². The van der Waals surface area contributed by atoms with Crippen molar-refractivity contribution in [3.8, 4) is 0 Å². The first-order valence-electron chi connectivity index (χ1n) is 13.3. The molecular formula is C32H28Cl2N8O3. The van der Waals surface area contributed by atoms with Gasteiger partial charge < -0.3 is 27.6 Å². The van der Waals surface area contributed by atoms with Crippen molar-refractivity contribution in [2.24, 2.45) is 5.73 Å². The lowest BCUT2D eigenvalue weighted by Gasteiger charge is -2.07. The smallest absolute Gasteiger partial charge is 0.337 e. The molecule has 11 nitrogen and oxygen atoms in total. The molecule has 2 aromatic carbocycles. The Labute approximate surface area is 268 Å². The van der Waals surface area contributed by atoms with Crippen molar-refractivity contribution in [2.45, 2.75) is 13.1 Å². The van der Waals surface area contributed by atoms with E-state index in [4.69, 9.17) is 45.5 Å². The number of carbonyl (C=O) groups excluding carboxylic acids is 1. The molecule has 0 radical (unpaired) electrons. The van der Waals surface area contributed by atoms with E-state index < -0.39 is 5.97 Å². The Bertz CT molecular complexity index is 1970. The Morgan fingerprint density at radius 3 is 1.73 bits per heavy atom. The Hall–Kier alpha value is -5.36. The number of nitrogens with two attached hydrogens (primary N) is 3. The van der Waals surface area contributed by atoms with Crippen LogP contribution in [0.4, 0.5) is 11.6 Å². The molecule has 0 aliphatic rings. The highest BCUT2D eigenvalue weighted by atomic mass is 35.5. The molecule has 0 saturated heterocycles. The maximum Gasteiger partial charge on any atom is 0.337 e. The lowest BCUT2D eigenvalue weighted by Crippen LogP contribution is -2.22. The number of aromatic nitrogens is 4. The molecule has 0 fully saturated rings. The van der Waals surface area contributed by atoms with Gasteiger partial charge in [0.15, 0.2) is 0 Å². The van der Waals surface area contributed by atoms with Crippen LogP contribution in [0.3, 0.4) is 0 Å². The molecule has 8 N–H and O–H groups in total. The van der Waals surface area contributed by atoms with Gasteiger partial charge in [-0.25, -0.2) is 14.8 Å². The standard InChI is InChI=1S/C16H13ClN4O.C10H11N3.C6H4ClNO2/c17-13-6-12(8-19-9-13)16(22)21-7-10-1-2-14-11(5-10)3-4-20-15(14)18;11-6-7-1-2-9-8(5-7)3-4-13-10(9)12;7-5-1-4(6(9)10)2-8-3-5/h1-6,8-9H,7H2,(H2,18,20)(H,21,22);1-5H,6,11H2,(H2,12,13);1-3H,(H,9,10). The fourth-order valence-electron chi connectivity index (χ4n) is 4.09. The summed E-state index contributed by atoms with van der Waals surface area (Å²) in [7, 11) is 0. The molecule has 0 unspecified atom stereocenters. The number of pyridine rings is 4. The fourth-order valence-corrected chi connectivity index (χ4v) is 4.44. The van der Waals surface area contributed by atoms with Crippen LogP contribution < -0.4 is 22.5 Å². The highest BCUT2D eigenvalue weighted by molar-refractivity contribution is 6.31. The molecule has 4 heterocycles. The first kappa shape index (κ1) is 32.6. The summed E-state index contributed by atoms with van der Waals surface area (Å²) >= 11 is 11.3. The molecule has 0 bridgehead atoms. The van der Waals surface area contributed by atoms with Crippen LogP contribution in [0, 0.1) is 0 Å². The Morgan fingerprint density at radius 1 is 0.711 bits per heavy atom. The number of carboxylic acids is 1. The van der Waals surface area contributed by atoms with Crippen molar-refractivity contribution in [2.75, 3.05) is 11.5 Å². The zero-order valence-electron chi connectivity index (χ0n) is 23.7. The van der Waals surface area contributed by atoms with Gasteiger partial charge in [0.05, 0.1) is 21.2 Å². The van der Waals surface area contributed by atoms with Crippen molar-refractivity contribution in [1.82, 2.24) is 25.3 Å². The van der Waals surface area contributed by atoms with Crippen LogP contribution in [0.2, 0.25) is 10.0 Å². The molecule has 0 atom stereocenters. The second-order valence-electron chi connectivity index (χ2n) is 9.48. The van der Waals surface area contributed by atoms with Crippen LogP contribution in [-0.2, 0) is 13.1 Å². The molecule has 13 heteroatoms. The van der Waals surface area contributed by atoms with Crippen molar-refractivity contribution < 1.29 is 14.7 Å². The lowest BCUT2D eigenvalue weighted by atomic mass is 10.1. The Kier molecular flexibility index (Phi) is 11.1. The molecule has 45 heavy (non-hydrogen) atoms. The maximum absolute atomic E-state index is 12.0. The predicted molar refractivity (Wildman–Crippen MR) is 177 cm³/mol. The molecule has 0 saturated carbocycles. The number of fused-ring (bicyclic) bond motifs is 2. The second-order valence-corrected chi connectivity index (χ2v) is 10.4. The third kappa shape index (κ3) is 9.07. The van der Waals surface area contributed by atoms with E-state index in [1.165, 1.54) is 30.9 Å². The molecule has 4 aromatic heterocycles. The quantitative estimate of drug-likeness (QED) is 0.160. The molecule has 6 aromatic rings. The molecule has 0 aliphatic carbocycles. The number of amides is 1. The first-order chi connectivity index (χ1) is 21.6. The van der Waals surface area contributed by atoms with Gasteiger partial charge in [-0.15, -0.1) is 0 Å². The summed E-state index contributed by atoms with van der Waals surface area (Å²) in [6.07, 6.45) is 8.96. The van der Waals surface area contributed by atoms with Gasteiger partial charge in [0.25, 0.3) is 5.91 Å². The number of carbonyl (C=O) groups is 2. The summed E-state index contributed by atoms with van der Waals surface area (Å²) in [6, 6.07) is 18.5. The van der Waals surface area contributed by atoms with Gasteiger partial charge in [-0.1, -0.05) is 47.5 Å². The zero-order chi connectivity index (χ0) is 32.3. The minimum Gasteiger partial charge on any atom is -0.478 e. The number of anilines is 2. The third-order valence-electron chi connectivity index (χ3n) is 6.33. The number of carboxylic acid groups (broad SMARTS) is 1. The minimum atomic E-state index is -1.02. The van der Waals surface area contributed by atoms with E-state index in [-0.39, 0.29) is 11.5 Å². The lowest BCUT2D eigenvalue weighted by molar-refractivity contribution is 0.0696. The van der Waals surface area contributed by atoms with Crippen molar-refractivity contribution in [3.63, 3.8) is 0 Å². The van der Waals surface area contributed by atoms with Gasteiger partial charge >= 0.3 is 5.97 Å². The maximum atomic E-state index is 12.0.